The number of rotatable bonds is 4. The van der Waals surface area contributed by atoms with Gasteiger partial charge in [0.05, 0.1) is 15.9 Å². The zero-order valence-electron chi connectivity index (χ0n) is 16.6. The number of hydrogen-bond donors (Lipinski definition) is 1. The Labute approximate surface area is 184 Å². The zero-order chi connectivity index (χ0) is 20.7. The lowest BCUT2D eigenvalue weighted by atomic mass is 10.0. The SMILES string of the molecule is CN1CCN(C(c2ccccc2)c2sc3nc(-c4ccccc4Cl)nn3c2O)CC1. The molecule has 0 saturated carbocycles. The van der Waals surface area contributed by atoms with Gasteiger partial charge in [0, 0.05) is 31.7 Å². The van der Waals surface area contributed by atoms with Crippen molar-refractivity contribution >= 4 is 27.9 Å². The normalized spacial score (nSPS) is 16.9. The van der Waals surface area contributed by atoms with Crippen molar-refractivity contribution in [3.8, 4) is 17.3 Å². The first-order valence-electron chi connectivity index (χ1n) is 9.92. The molecule has 154 valence electrons. The molecule has 0 aliphatic carbocycles. The van der Waals surface area contributed by atoms with E-state index >= 15 is 0 Å². The number of benzene rings is 2. The first-order chi connectivity index (χ1) is 14.6. The summed E-state index contributed by atoms with van der Waals surface area (Å²) in [5.41, 5.74) is 1.92. The molecular formula is C22H22ClN5OS. The van der Waals surface area contributed by atoms with Crippen LogP contribution in [-0.2, 0) is 0 Å². The van der Waals surface area contributed by atoms with E-state index in [2.05, 4.69) is 39.1 Å². The molecule has 4 aromatic rings. The van der Waals surface area contributed by atoms with Gasteiger partial charge in [0.2, 0.25) is 10.8 Å². The number of aromatic nitrogens is 3. The summed E-state index contributed by atoms with van der Waals surface area (Å²) in [5.74, 6) is 0.665. The van der Waals surface area contributed by atoms with E-state index in [0.717, 1.165) is 42.2 Å². The van der Waals surface area contributed by atoms with E-state index in [1.807, 2.05) is 42.5 Å². The number of piperazine rings is 1. The predicted octanol–water partition coefficient (Wildman–Crippen LogP) is 4.15. The predicted molar refractivity (Wildman–Crippen MR) is 120 cm³/mol. The van der Waals surface area contributed by atoms with Gasteiger partial charge in [-0.2, -0.15) is 9.50 Å². The summed E-state index contributed by atoms with van der Waals surface area (Å²) in [7, 11) is 2.14. The summed E-state index contributed by atoms with van der Waals surface area (Å²) in [6, 6.07) is 17.8. The van der Waals surface area contributed by atoms with Crippen LogP contribution in [0.3, 0.4) is 0 Å². The largest absolute Gasteiger partial charge is 0.492 e. The maximum Gasteiger partial charge on any atom is 0.230 e. The molecule has 1 atom stereocenters. The van der Waals surface area contributed by atoms with Gasteiger partial charge in [0.25, 0.3) is 0 Å². The van der Waals surface area contributed by atoms with Crippen LogP contribution >= 0.6 is 22.9 Å². The highest BCUT2D eigenvalue weighted by Crippen LogP contribution is 2.41. The lowest BCUT2D eigenvalue weighted by molar-refractivity contribution is 0.127. The van der Waals surface area contributed by atoms with Gasteiger partial charge in [0.15, 0.2) is 5.82 Å². The van der Waals surface area contributed by atoms with Crippen molar-refractivity contribution < 1.29 is 5.11 Å². The highest BCUT2D eigenvalue weighted by molar-refractivity contribution is 7.17. The lowest BCUT2D eigenvalue weighted by Gasteiger charge is -2.37. The van der Waals surface area contributed by atoms with Crippen LogP contribution in [0.4, 0.5) is 0 Å². The van der Waals surface area contributed by atoms with Crippen LogP contribution in [0.25, 0.3) is 16.3 Å². The molecule has 0 radical (unpaired) electrons. The molecule has 0 bridgehead atoms. The Hall–Kier alpha value is -2.45. The fourth-order valence-corrected chi connectivity index (χ4v) is 5.27. The van der Waals surface area contributed by atoms with E-state index < -0.39 is 0 Å². The van der Waals surface area contributed by atoms with Crippen LogP contribution in [0, 0.1) is 0 Å². The minimum absolute atomic E-state index is 0.0304. The number of thiazole rings is 1. The molecule has 5 rings (SSSR count). The van der Waals surface area contributed by atoms with Gasteiger partial charge in [-0.3, -0.25) is 4.90 Å². The molecule has 1 unspecified atom stereocenters. The van der Waals surface area contributed by atoms with Gasteiger partial charge >= 0.3 is 0 Å². The molecule has 1 aliphatic heterocycles. The molecule has 1 fully saturated rings. The zero-order valence-corrected chi connectivity index (χ0v) is 18.1. The average Bonchev–Trinajstić information content (AvgIpc) is 3.30. The van der Waals surface area contributed by atoms with Crippen molar-refractivity contribution in [1.29, 1.82) is 0 Å². The number of aromatic hydroxyl groups is 1. The first kappa shape index (κ1) is 19.5. The molecule has 1 saturated heterocycles. The van der Waals surface area contributed by atoms with Gasteiger partial charge in [-0.05, 0) is 24.7 Å². The summed E-state index contributed by atoms with van der Waals surface area (Å²) in [6.45, 7) is 3.88. The topological polar surface area (TPSA) is 56.9 Å². The lowest BCUT2D eigenvalue weighted by Crippen LogP contribution is -2.46. The first-order valence-corrected chi connectivity index (χ1v) is 11.1. The van der Waals surface area contributed by atoms with E-state index in [4.69, 9.17) is 11.6 Å². The second kappa shape index (κ2) is 8.00. The second-order valence-corrected chi connectivity index (χ2v) is 8.97. The number of likely N-dealkylation sites (N-methyl/N-ethyl adjacent to an activating group) is 1. The van der Waals surface area contributed by atoms with E-state index in [9.17, 15) is 5.11 Å². The van der Waals surface area contributed by atoms with Crippen molar-refractivity contribution in [2.24, 2.45) is 0 Å². The quantitative estimate of drug-likeness (QED) is 0.517. The number of fused-ring (bicyclic) bond motifs is 1. The number of halogens is 1. The van der Waals surface area contributed by atoms with Gasteiger partial charge in [-0.25, -0.2) is 0 Å². The van der Waals surface area contributed by atoms with Crippen molar-refractivity contribution in [3.05, 3.63) is 70.1 Å². The molecule has 30 heavy (non-hydrogen) atoms. The Balaban J connectivity index is 1.58. The summed E-state index contributed by atoms with van der Waals surface area (Å²) in [4.78, 5) is 10.9. The molecule has 6 nitrogen and oxygen atoms in total. The fraction of sp³-hybridized carbons (Fsp3) is 0.273. The molecule has 2 aromatic carbocycles. The molecule has 0 amide bonds. The summed E-state index contributed by atoms with van der Waals surface area (Å²) in [6.07, 6.45) is 0. The van der Waals surface area contributed by atoms with Crippen molar-refractivity contribution in [1.82, 2.24) is 24.4 Å². The van der Waals surface area contributed by atoms with Gasteiger partial charge in [-0.1, -0.05) is 65.4 Å². The number of nitrogens with zero attached hydrogens (tertiary/aromatic N) is 5. The van der Waals surface area contributed by atoms with Crippen molar-refractivity contribution in [2.75, 3.05) is 33.2 Å². The Morgan fingerprint density at radius 2 is 1.70 bits per heavy atom. The summed E-state index contributed by atoms with van der Waals surface area (Å²) >= 11 is 7.79. The molecular weight excluding hydrogens is 418 g/mol. The van der Waals surface area contributed by atoms with E-state index in [1.165, 1.54) is 15.9 Å². The smallest absolute Gasteiger partial charge is 0.230 e. The molecule has 2 aromatic heterocycles. The maximum atomic E-state index is 11.1. The average molecular weight is 440 g/mol. The Bertz CT molecular complexity index is 1170. The summed E-state index contributed by atoms with van der Waals surface area (Å²) in [5, 5.41) is 16.3. The Morgan fingerprint density at radius 3 is 2.40 bits per heavy atom. The van der Waals surface area contributed by atoms with Crippen molar-refractivity contribution in [2.45, 2.75) is 6.04 Å². The Morgan fingerprint density at radius 1 is 1.00 bits per heavy atom. The van der Waals surface area contributed by atoms with Gasteiger partial charge in [-0.15, -0.1) is 5.10 Å². The molecule has 1 N–H and O–H groups in total. The van der Waals surface area contributed by atoms with Gasteiger partial charge in [0.1, 0.15) is 0 Å². The molecule has 0 spiro atoms. The van der Waals surface area contributed by atoms with E-state index in [-0.39, 0.29) is 11.9 Å². The van der Waals surface area contributed by atoms with Gasteiger partial charge < -0.3 is 10.0 Å². The van der Waals surface area contributed by atoms with Crippen LogP contribution in [0.2, 0.25) is 5.02 Å². The van der Waals surface area contributed by atoms with Crippen LogP contribution < -0.4 is 0 Å². The fourth-order valence-electron chi connectivity index (χ4n) is 3.93. The molecule has 3 heterocycles. The highest BCUT2D eigenvalue weighted by atomic mass is 35.5. The molecule has 1 aliphatic rings. The third-order valence-corrected chi connectivity index (χ3v) is 6.98. The van der Waals surface area contributed by atoms with Crippen LogP contribution in [0.5, 0.6) is 5.88 Å². The van der Waals surface area contributed by atoms with E-state index in [0.29, 0.717) is 15.8 Å². The van der Waals surface area contributed by atoms with Crippen LogP contribution in [0.15, 0.2) is 54.6 Å². The minimum atomic E-state index is -0.0304. The third kappa shape index (κ3) is 3.48. The monoisotopic (exact) mass is 439 g/mol. The highest BCUT2D eigenvalue weighted by Gasteiger charge is 2.31. The van der Waals surface area contributed by atoms with Crippen molar-refractivity contribution in [3.63, 3.8) is 0 Å². The maximum absolute atomic E-state index is 11.1. The molecule has 8 heteroatoms. The van der Waals surface area contributed by atoms with Crippen LogP contribution in [0.1, 0.15) is 16.5 Å². The Kier molecular flexibility index (Phi) is 5.20. The van der Waals surface area contributed by atoms with E-state index in [1.54, 1.807) is 0 Å². The second-order valence-electron chi connectivity index (χ2n) is 7.55. The standard InChI is InChI=1S/C22H22ClN5OS/c1-26-11-13-27(14-12-26)18(15-7-3-2-4-8-15)19-21(29)28-22(30-19)24-20(25-28)16-9-5-6-10-17(16)23/h2-10,18,29H,11-14H2,1H3. The minimum Gasteiger partial charge on any atom is -0.492 e. The third-order valence-electron chi connectivity index (χ3n) is 5.58. The summed E-state index contributed by atoms with van der Waals surface area (Å²) < 4.78 is 1.53. The number of hydrogen-bond acceptors (Lipinski definition) is 6. The van der Waals surface area contributed by atoms with Crippen LogP contribution in [-0.4, -0.2) is 62.7 Å².